The number of Topliss-reactive ketones (excluding diaryl/α,β-unsaturated/α-hetero) is 1. The molecule has 2 atom stereocenters. The molecule has 1 rings (SSSR count). The monoisotopic (exact) mass is 213 g/mol. The standard InChI is InChI=1S/C11H19NO3/c1-2-11(12(14)15)9-6-4-3-5-7-10(13)8-9/h9,11H,2-8H2,1H3/t9-,11+/m0/s1. The van der Waals surface area contributed by atoms with Crippen LogP contribution in [0.1, 0.15) is 51.9 Å². The lowest BCUT2D eigenvalue weighted by Crippen LogP contribution is -2.31. The summed E-state index contributed by atoms with van der Waals surface area (Å²) in [6.45, 7) is 1.83. The molecular weight excluding hydrogens is 194 g/mol. The van der Waals surface area contributed by atoms with Gasteiger partial charge in [-0.05, 0) is 12.8 Å². The second-order valence-electron chi connectivity index (χ2n) is 4.36. The van der Waals surface area contributed by atoms with Gasteiger partial charge in [-0.2, -0.15) is 0 Å². The van der Waals surface area contributed by atoms with Gasteiger partial charge in [-0.3, -0.25) is 14.9 Å². The molecule has 4 nitrogen and oxygen atoms in total. The number of rotatable bonds is 3. The van der Waals surface area contributed by atoms with E-state index in [0.29, 0.717) is 19.3 Å². The number of nitro groups is 1. The molecule has 0 amide bonds. The van der Waals surface area contributed by atoms with E-state index in [2.05, 4.69) is 0 Å². The van der Waals surface area contributed by atoms with Crippen LogP contribution in [-0.2, 0) is 4.79 Å². The van der Waals surface area contributed by atoms with Crippen molar-refractivity contribution < 1.29 is 9.72 Å². The Bertz CT molecular complexity index is 240. The average molecular weight is 213 g/mol. The molecule has 1 saturated carbocycles. The molecule has 1 aliphatic rings. The predicted molar refractivity (Wildman–Crippen MR) is 57.3 cm³/mol. The van der Waals surface area contributed by atoms with E-state index in [4.69, 9.17) is 0 Å². The van der Waals surface area contributed by atoms with Crippen LogP contribution >= 0.6 is 0 Å². The molecule has 4 heteroatoms. The van der Waals surface area contributed by atoms with E-state index in [1.807, 2.05) is 6.92 Å². The van der Waals surface area contributed by atoms with E-state index in [-0.39, 0.29) is 16.6 Å². The first-order valence-corrected chi connectivity index (χ1v) is 5.80. The van der Waals surface area contributed by atoms with Gasteiger partial charge < -0.3 is 0 Å². The zero-order chi connectivity index (χ0) is 11.3. The van der Waals surface area contributed by atoms with Gasteiger partial charge in [0.1, 0.15) is 5.78 Å². The predicted octanol–water partition coefficient (Wildman–Crippen LogP) is 2.58. The lowest BCUT2D eigenvalue weighted by molar-refractivity contribution is -0.532. The lowest BCUT2D eigenvalue weighted by Gasteiger charge is -2.21. The summed E-state index contributed by atoms with van der Waals surface area (Å²) in [5, 5.41) is 10.8. The van der Waals surface area contributed by atoms with E-state index >= 15 is 0 Å². The highest BCUT2D eigenvalue weighted by Crippen LogP contribution is 2.25. The summed E-state index contributed by atoms with van der Waals surface area (Å²) in [7, 11) is 0. The quantitative estimate of drug-likeness (QED) is 0.534. The molecule has 0 N–H and O–H groups in total. The average Bonchev–Trinajstić information content (AvgIpc) is 2.13. The van der Waals surface area contributed by atoms with E-state index in [9.17, 15) is 14.9 Å². The molecule has 0 aromatic carbocycles. The van der Waals surface area contributed by atoms with E-state index < -0.39 is 6.04 Å². The minimum atomic E-state index is -0.521. The minimum Gasteiger partial charge on any atom is -0.300 e. The van der Waals surface area contributed by atoms with Gasteiger partial charge in [-0.1, -0.05) is 19.8 Å². The largest absolute Gasteiger partial charge is 0.300 e. The fourth-order valence-electron chi connectivity index (χ4n) is 2.38. The Kier molecular flexibility index (Phi) is 4.72. The Morgan fingerprint density at radius 3 is 2.80 bits per heavy atom. The van der Waals surface area contributed by atoms with Crippen molar-refractivity contribution in [2.75, 3.05) is 0 Å². The fraction of sp³-hybridized carbons (Fsp3) is 0.909. The van der Waals surface area contributed by atoms with Crippen LogP contribution in [0, 0.1) is 16.0 Å². The number of carbonyl (C=O) groups excluding carboxylic acids is 1. The van der Waals surface area contributed by atoms with Crippen molar-refractivity contribution >= 4 is 5.78 Å². The maximum Gasteiger partial charge on any atom is 0.216 e. The smallest absolute Gasteiger partial charge is 0.216 e. The lowest BCUT2D eigenvalue weighted by atomic mass is 9.84. The van der Waals surface area contributed by atoms with Crippen LogP contribution in [0.4, 0.5) is 0 Å². The third kappa shape index (κ3) is 3.61. The van der Waals surface area contributed by atoms with Crippen LogP contribution in [0.3, 0.4) is 0 Å². The van der Waals surface area contributed by atoms with Gasteiger partial charge in [0.2, 0.25) is 6.04 Å². The van der Waals surface area contributed by atoms with Crippen LogP contribution in [0.15, 0.2) is 0 Å². The highest BCUT2D eigenvalue weighted by molar-refractivity contribution is 5.78. The third-order valence-electron chi connectivity index (χ3n) is 3.25. The number of hydrogen-bond donors (Lipinski definition) is 0. The van der Waals surface area contributed by atoms with Crippen molar-refractivity contribution in [1.82, 2.24) is 0 Å². The SMILES string of the molecule is CC[C@H]([C@H]1CCCCCC(=O)C1)[N+](=O)[O-]. The first-order valence-electron chi connectivity index (χ1n) is 5.80. The number of ketones is 1. The van der Waals surface area contributed by atoms with E-state index in [1.165, 1.54) is 0 Å². The molecule has 86 valence electrons. The van der Waals surface area contributed by atoms with Gasteiger partial charge in [0.05, 0.1) is 0 Å². The Morgan fingerprint density at radius 2 is 2.20 bits per heavy atom. The maximum atomic E-state index is 11.5. The van der Waals surface area contributed by atoms with Gasteiger partial charge in [0.25, 0.3) is 0 Å². The molecule has 0 aromatic rings. The van der Waals surface area contributed by atoms with Crippen LogP contribution < -0.4 is 0 Å². The molecule has 0 aromatic heterocycles. The highest BCUT2D eigenvalue weighted by Gasteiger charge is 2.31. The normalized spacial score (nSPS) is 25.4. The second-order valence-corrected chi connectivity index (χ2v) is 4.36. The van der Waals surface area contributed by atoms with Gasteiger partial charge in [-0.25, -0.2) is 0 Å². The summed E-state index contributed by atoms with van der Waals surface area (Å²) in [5.74, 6) is 0.179. The molecule has 1 aliphatic carbocycles. The first-order chi connectivity index (χ1) is 7.15. The van der Waals surface area contributed by atoms with Crippen molar-refractivity contribution in [2.24, 2.45) is 5.92 Å². The van der Waals surface area contributed by atoms with Crippen LogP contribution in [-0.4, -0.2) is 16.7 Å². The summed E-state index contributed by atoms with van der Waals surface area (Å²) in [5.41, 5.74) is 0. The molecule has 0 radical (unpaired) electrons. The summed E-state index contributed by atoms with van der Waals surface area (Å²) < 4.78 is 0. The summed E-state index contributed by atoms with van der Waals surface area (Å²) in [6, 6.07) is -0.521. The Labute approximate surface area is 90.2 Å². The Morgan fingerprint density at radius 1 is 1.47 bits per heavy atom. The topological polar surface area (TPSA) is 60.2 Å². The van der Waals surface area contributed by atoms with Gasteiger partial charge >= 0.3 is 0 Å². The molecule has 0 unspecified atom stereocenters. The van der Waals surface area contributed by atoms with Crippen molar-refractivity contribution in [2.45, 2.75) is 57.9 Å². The number of nitrogens with zero attached hydrogens (tertiary/aromatic N) is 1. The van der Waals surface area contributed by atoms with Crippen molar-refractivity contribution in [1.29, 1.82) is 0 Å². The molecule has 0 saturated heterocycles. The molecule has 0 spiro atoms. The van der Waals surface area contributed by atoms with Crippen LogP contribution in [0.5, 0.6) is 0 Å². The van der Waals surface area contributed by atoms with Crippen molar-refractivity contribution in [3.05, 3.63) is 10.1 Å². The second kappa shape index (κ2) is 5.83. The molecule has 0 aliphatic heterocycles. The zero-order valence-corrected chi connectivity index (χ0v) is 9.28. The van der Waals surface area contributed by atoms with E-state index in [1.54, 1.807) is 0 Å². The summed E-state index contributed by atoms with van der Waals surface area (Å²) in [6.07, 6.45) is 5.43. The molecule has 0 heterocycles. The van der Waals surface area contributed by atoms with Crippen LogP contribution in [0.25, 0.3) is 0 Å². The maximum absolute atomic E-state index is 11.5. The summed E-state index contributed by atoms with van der Waals surface area (Å²) in [4.78, 5) is 22.1. The van der Waals surface area contributed by atoms with Crippen molar-refractivity contribution in [3.8, 4) is 0 Å². The third-order valence-corrected chi connectivity index (χ3v) is 3.25. The van der Waals surface area contributed by atoms with Crippen molar-refractivity contribution in [3.63, 3.8) is 0 Å². The van der Waals surface area contributed by atoms with Gasteiger partial charge in [0, 0.05) is 30.1 Å². The van der Waals surface area contributed by atoms with Crippen LogP contribution in [0.2, 0.25) is 0 Å². The molecular formula is C11H19NO3. The zero-order valence-electron chi connectivity index (χ0n) is 9.28. The number of carbonyl (C=O) groups is 1. The molecule has 0 bridgehead atoms. The Hall–Kier alpha value is -0.930. The Balaban J connectivity index is 2.62. The molecule has 1 fully saturated rings. The fourth-order valence-corrected chi connectivity index (χ4v) is 2.38. The first kappa shape index (κ1) is 12.1. The van der Waals surface area contributed by atoms with E-state index in [0.717, 1.165) is 25.7 Å². The van der Waals surface area contributed by atoms with Gasteiger partial charge in [-0.15, -0.1) is 0 Å². The summed E-state index contributed by atoms with van der Waals surface area (Å²) >= 11 is 0. The molecule has 15 heavy (non-hydrogen) atoms. The van der Waals surface area contributed by atoms with Gasteiger partial charge in [0.15, 0.2) is 0 Å². The number of hydrogen-bond acceptors (Lipinski definition) is 3. The highest BCUT2D eigenvalue weighted by atomic mass is 16.6. The minimum absolute atomic E-state index is 0.0298.